The summed E-state index contributed by atoms with van der Waals surface area (Å²) < 4.78 is 31.4. The Morgan fingerprint density at radius 2 is 2.00 bits per heavy atom. The van der Waals surface area contributed by atoms with Gasteiger partial charge in [0.2, 0.25) is 5.91 Å². The molecule has 0 saturated carbocycles. The zero-order chi connectivity index (χ0) is 17.3. The molecule has 5 nitrogen and oxygen atoms in total. The number of hydrogen-bond donors (Lipinski definition) is 0. The topological polar surface area (TPSA) is 49.9 Å². The number of halogens is 2. The van der Waals surface area contributed by atoms with Crippen molar-refractivity contribution in [2.45, 2.75) is 12.8 Å². The molecule has 0 bridgehead atoms. The van der Waals surface area contributed by atoms with Gasteiger partial charge in [-0.05, 0) is 31.0 Å². The summed E-state index contributed by atoms with van der Waals surface area (Å²) >= 11 is 0. The van der Waals surface area contributed by atoms with Gasteiger partial charge >= 0.3 is 0 Å². The predicted octanol–water partition coefficient (Wildman–Crippen LogP) is 1.68. The van der Waals surface area contributed by atoms with Crippen molar-refractivity contribution < 1.29 is 23.1 Å². The molecule has 2 aliphatic heterocycles. The van der Waals surface area contributed by atoms with E-state index >= 15 is 0 Å². The third-order valence-electron chi connectivity index (χ3n) is 4.97. The first-order valence-corrected chi connectivity index (χ1v) is 7.99. The van der Waals surface area contributed by atoms with Crippen molar-refractivity contribution in [2.24, 2.45) is 5.41 Å². The Morgan fingerprint density at radius 3 is 2.71 bits per heavy atom. The molecule has 1 spiro atoms. The van der Waals surface area contributed by atoms with Crippen LogP contribution in [0.5, 0.6) is 0 Å². The van der Waals surface area contributed by atoms with Crippen LogP contribution in [0.1, 0.15) is 23.2 Å². The molecule has 7 heteroatoms. The fourth-order valence-corrected chi connectivity index (χ4v) is 3.54. The van der Waals surface area contributed by atoms with E-state index in [0.717, 1.165) is 12.1 Å². The maximum Gasteiger partial charge on any atom is 0.253 e. The van der Waals surface area contributed by atoms with Crippen LogP contribution in [0.2, 0.25) is 0 Å². The number of carbonyl (C=O) groups excluding carboxylic acids is 2. The molecule has 2 fully saturated rings. The highest BCUT2D eigenvalue weighted by atomic mass is 19.2. The Balaban J connectivity index is 1.70. The average molecular weight is 338 g/mol. The summed E-state index contributed by atoms with van der Waals surface area (Å²) in [5.41, 5.74) is -0.435. The Kier molecular flexibility index (Phi) is 4.54. The Labute approximate surface area is 139 Å². The minimum Gasteiger partial charge on any atom is -0.383 e. The molecular weight excluding hydrogens is 318 g/mol. The summed E-state index contributed by atoms with van der Waals surface area (Å²) in [6, 6.07) is 3.12. The number of carbonyl (C=O) groups is 2. The molecule has 2 heterocycles. The van der Waals surface area contributed by atoms with E-state index in [2.05, 4.69) is 0 Å². The minimum atomic E-state index is -1.04. The van der Waals surface area contributed by atoms with Crippen molar-refractivity contribution in [2.75, 3.05) is 39.9 Å². The monoisotopic (exact) mass is 338 g/mol. The van der Waals surface area contributed by atoms with Gasteiger partial charge in [-0.15, -0.1) is 0 Å². The lowest BCUT2D eigenvalue weighted by Crippen LogP contribution is -2.39. The third-order valence-corrected chi connectivity index (χ3v) is 4.97. The van der Waals surface area contributed by atoms with E-state index in [9.17, 15) is 18.4 Å². The number of benzene rings is 1. The van der Waals surface area contributed by atoms with Gasteiger partial charge in [0.05, 0.1) is 12.0 Å². The molecule has 1 atom stereocenters. The normalized spacial score (nSPS) is 23.5. The van der Waals surface area contributed by atoms with Gasteiger partial charge in [0, 0.05) is 38.9 Å². The molecule has 2 amide bonds. The second-order valence-electron chi connectivity index (χ2n) is 6.42. The number of ether oxygens (including phenoxy) is 1. The molecule has 1 aromatic carbocycles. The molecule has 2 saturated heterocycles. The van der Waals surface area contributed by atoms with Crippen LogP contribution in [0.15, 0.2) is 18.2 Å². The number of amides is 2. The maximum atomic E-state index is 13.3. The third kappa shape index (κ3) is 2.88. The van der Waals surface area contributed by atoms with Gasteiger partial charge in [0.25, 0.3) is 5.91 Å². The summed E-state index contributed by atoms with van der Waals surface area (Å²) in [6.45, 7) is 2.47. The Hall–Kier alpha value is -2.02. The molecule has 1 unspecified atom stereocenters. The fraction of sp³-hybridized carbons (Fsp3) is 0.529. The molecule has 24 heavy (non-hydrogen) atoms. The summed E-state index contributed by atoms with van der Waals surface area (Å²) in [5, 5.41) is 0. The van der Waals surface area contributed by atoms with E-state index in [-0.39, 0.29) is 17.4 Å². The van der Waals surface area contributed by atoms with Crippen molar-refractivity contribution in [3.05, 3.63) is 35.4 Å². The molecular formula is C17H20F2N2O3. The molecule has 2 aliphatic rings. The fourth-order valence-electron chi connectivity index (χ4n) is 3.54. The average Bonchev–Trinajstić information content (AvgIpc) is 3.14. The molecule has 0 aromatic heterocycles. The summed E-state index contributed by atoms with van der Waals surface area (Å²) in [7, 11) is 1.59. The first-order chi connectivity index (χ1) is 11.5. The molecule has 0 N–H and O–H groups in total. The molecule has 1 aromatic rings. The van der Waals surface area contributed by atoms with Gasteiger partial charge in [0.1, 0.15) is 0 Å². The van der Waals surface area contributed by atoms with E-state index in [0.29, 0.717) is 45.6 Å². The second-order valence-corrected chi connectivity index (χ2v) is 6.42. The van der Waals surface area contributed by atoms with Gasteiger partial charge in [-0.2, -0.15) is 0 Å². The van der Waals surface area contributed by atoms with Gasteiger partial charge in [0.15, 0.2) is 11.6 Å². The van der Waals surface area contributed by atoms with Crippen LogP contribution < -0.4 is 0 Å². The number of rotatable bonds is 4. The highest BCUT2D eigenvalue weighted by Crippen LogP contribution is 2.41. The van der Waals surface area contributed by atoms with Crippen LogP contribution in [-0.4, -0.2) is 61.5 Å². The molecule has 3 rings (SSSR count). The summed E-state index contributed by atoms with van der Waals surface area (Å²) in [6.07, 6.45) is 1.31. The quantitative estimate of drug-likeness (QED) is 0.839. The van der Waals surface area contributed by atoms with Gasteiger partial charge in [-0.25, -0.2) is 8.78 Å². The minimum absolute atomic E-state index is 0.0557. The molecule has 0 radical (unpaired) electrons. The van der Waals surface area contributed by atoms with E-state index in [4.69, 9.17) is 4.74 Å². The number of methoxy groups -OCH3 is 1. The standard InChI is InChI=1S/C17H20F2N2O3/c1-24-9-8-20-6-4-17(16(20)23)5-7-21(11-17)15(22)12-2-3-13(18)14(19)10-12/h2-3,10H,4-9,11H2,1H3. The van der Waals surface area contributed by atoms with Crippen molar-refractivity contribution in [1.29, 1.82) is 0 Å². The van der Waals surface area contributed by atoms with Crippen LogP contribution in [0.4, 0.5) is 8.78 Å². The smallest absolute Gasteiger partial charge is 0.253 e. The summed E-state index contributed by atoms with van der Waals surface area (Å²) in [4.78, 5) is 28.5. The molecule has 0 aliphatic carbocycles. The van der Waals surface area contributed by atoms with Crippen LogP contribution >= 0.6 is 0 Å². The van der Waals surface area contributed by atoms with Gasteiger partial charge < -0.3 is 14.5 Å². The van der Waals surface area contributed by atoms with E-state index in [1.807, 2.05) is 0 Å². The first-order valence-electron chi connectivity index (χ1n) is 7.99. The highest BCUT2D eigenvalue weighted by molar-refractivity contribution is 5.95. The zero-order valence-corrected chi connectivity index (χ0v) is 13.6. The Bertz CT molecular complexity index is 667. The van der Waals surface area contributed by atoms with Crippen LogP contribution in [-0.2, 0) is 9.53 Å². The van der Waals surface area contributed by atoms with E-state index < -0.39 is 17.0 Å². The predicted molar refractivity (Wildman–Crippen MR) is 82.4 cm³/mol. The SMILES string of the molecule is COCCN1CCC2(CCN(C(=O)c3ccc(F)c(F)c3)C2)C1=O. The Morgan fingerprint density at radius 1 is 1.25 bits per heavy atom. The summed E-state index contributed by atoms with van der Waals surface area (Å²) in [5.74, 6) is -2.34. The van der Waals surface area contributed by atoms with E-state index in [1.54, 1.807) is 16.9 Å². The lowest BCUT2D eigenvalue weighted by Gasteiger charge is -2.23. The lowest BCUT2D eigenvalue weighted by molar-refractivity contribution is -0.135. The number of likely N-dealkylation sites (tertiary alicyclic amines) is 2. The zero-order valence-electron chi connectivity index (χ0n) is 13.6. The van der Waals surface area contributed by atoms with Gasteiger partial charge in [-0.1, -0.05) is 0 Å². The van der Waals surface area contributed by atoms with E-state index in [1.165, 1.54) is 6.07 Å². The van der Waals surface area contributed by atoms with Crippen LogP contribution in [0.25, 0.3) is 0 Å². The van der Waals surface area contributed by atoms with Gasteiger partial charge in [-0.3, -0.25) is 9.59 Å². The maximum absolute atomic E-state index is 13.3. The van der Waals surface area contributed by atoms with Crippen molar-refractivity contribution in [3.8, 4) is 0 Å². The highest BCUT2D eigenvalue weighted by Gasteiger charge is 2.51. The van der Waals surface area contributed by atoms with Crippen LogP contribution in [0, 0.1) is 17.0 Å². The number of nitrogens with zero attached hydrogens (tertiary/aromatic N) is 2. The lowest BCUT2D eigenvalue weighted by atomic mass is 9.85. The first kappa shape index (κ1) is 16.8. The van der Waals surface area contributed by atoms with Crippen molar-refractivity contribution in [3.63, 3.8) is 0 Å². The second kappa shape index (κ2) is 6.47. The number of hydrogen-bond acceptors (Lipinski definition) is 3. The molecule has 130 valence electrons. The van der Waals surface area contributed by atoms with Crippen molar-refractivity contribution >= 4 is 11.8 Å². The largest absolute Gasteiger partial charge is 0.383 e. The van der Waals surface area contributed by atoms with Crippen molar-refractivity contribution in [1.82, 2.24) is 9.80 Å². The van der Waals surface area contributed by atoms with Crippen LogP contribution in [0.3, 0.4) is 0 Å².